The van der Waals surface area contributed by atoms with E-state index in [1.807, 2.05) is 47.3 Å². The fourth-order valence-electron chi connectivity index (χ4n) is 3.66. The molecule has 1 N–H and O–H groups in total. The predicted molar refractivity (Wildman–Crippen MR) is 106 cm³/mol. The van der Waals surface area contributed by atoms with Gasteiger partial charge < -0.3 is 15.0 Å². The van der Waals surface area contributed by atoms with Gasteiger partial charge in [0, 0.05) is 36.9 Å². The van der Waals surface area contributed by atoms with Gasteiger partial charge in [-0.1, -0.05) is 18.2 Å². The van der Waals surface area contributed by atoms with Gasteiger partial charge in [0.1, 0.15) is 5.82 Å². The molecule has 1 unspecified atom stereocenters. The van der Waals surface area contributed by atoms with E-state index in [4.69, 9.17) is 9.72 Å². The minimum Gasteiger partial charge on any atom is -0.373 e. The molecule has 28 heavy (non-hydrogen) atoms. The molecule has 7 nitrogen and oxygen atoms in total. The van der Waals surface area contributed by atoms with Crippen molar-refractivity contribution >= 4 is 22.6 Å². The second-order valence-electron chi connectivity index (χ2n) is 7.46. The lowest BCUT2D eigenvalue weighted by Crippen LogP contribution is -2.44. The minimum absolute atomic E-state index is 0.0105. The zero-order valence-corrected chi connectivity index (χ0v) is 15.6. The second kappa shape index (κ2) is 7.24. The van der Waals surface area contributed by atoms with Gasteiger partial charge in [0.25, 0.3) is 5.91 Å². The standard InChI is InChI=1S/C21H23N5O2/c27-21(23-15-6-7-15)18-12-20(24-19-5-2-1-4-17(18)19)25-10-11-28-16(13-25)14-26-9-3-8-22-26/h1-5,8-9,12,15-16H,6-7,10-11,13-14H2,(H,23,27). The highest BCUT2D eigenvalue weighted by molar-refractivity contribution is 6.07. The Morgan fingerprint density at radius 3 is 2.96 bits per heavy atom. The van der Waals surface area contributed by atoms with Crippen LogP contribution in [0.1, 0.15) is 23.2 Å². The SMILES string of the molecule is O=C(NC1CC1)c1cc(N2CCOC(Cn3cccn3)C2)nc2ccccc12. The fourth-order valence-corrected chi connectivity index (χ4v) is 3.66. The van der Waals surface area contributed by atoms with Crippen molar-refractivity contribution in [1.29, 1.82) is 0 Å². The number of carbonyl (C=O) groups is 1. The van der Waals surface area contributed by atoms with Crippen LogP contribution in [0.3, 0.4) is 0 Å². The van der Waals surface area contributed by atoms with Gasteiger partial charge in [-0.2, -0.15) is 5.10 Å². The molecule has 3 aromatic rings. The topological polar surface area (TPSA) is 72.3 Å². The van der Waals surface area contributed by atoms with Gasteiger partial charge in [-0.15, -0.1) is 0 Å². The number of para-hydroxylation sites is 1. The maximum atomic E-state index is 12.8. The Bertz CT molecular complexity index is 984. The van der Waals surface area contributed by atoms with Crippen LogP contribution in [0.2, 0.25) is 0 Å². The molecule has 0 spiro atoms. The van der Waals surface area contributed by atoms with Crippen LogP contribution in [0, 0.1) is 0 Å². The molecule has 144 valence electrons. The number of benzene rings is 1. The average molecular weight is 377 g/mol. The van der Waals surface area contributed by atoms with Crippen LogP contribution in [0.5, 0.6) is 0 Å². The molecule has 1 aromatic carbocycles. The third-order valence-electron chi connectivity index (χ3n) is 5.27. The first-order valence-corrected chi connectivity index (χ1v) is 9.81. The van der Waals surface area contributed by atoms with Crippen molar-refractivity contribution in [2.24, 2.45) is 0 Å². The largest absolute Gasteiger partial charge is 0.373 e. The van der Waals surface area contributed by atoms with Crippen LogP contribution in [-0.2, 0) is 11.3 Å². The lowest BCUT2D eigenvalue weighted by atomic mass is 10.1. The monoisotopic (exact) mass is 377 g/mol. The molecule has 7 heteroatoms. The molecule has 1 saturated carbocycles. The molecule has 0 bridgehead atoms. The molecule has 3 heterocycles. The molecular weight excluding hydrogens is 354 g/mol. The summed E-state index contributed by atoms with van der Waals surface area (Å²) >= 11 is 0. The number of nitrogens with one attached hydrogen (secondary N) is 1. The Morgan fingerprint density at radius 2 is 2.14 bits per heavy atom. The van der Waals surface area contributed by atoms with E-state index in [0.717, 1.165) is 42.7 Å². The maximum absolute atomic E-state index is 12.8. The lowest BCUT2D eigenvalue weighted by Gasteiger charge is -2.34. The Balaban J connectivity index is 1.43. The molecular formula is C21H23N5O2. The van der Waals surface area contributed by atoms with E-state index in [2.05, 4.69) is 15.3 Å². The molecule has 1 amide bonds. The van der Waals surface area contributed by atoms with Crippen molar-refractivity contribution in [2.75, 3.05) is 24.6 Å². The number of pyridine rings is 1. The van der Waals surface area contributed by atoms with E-state index in [0.29, 0.717) is 24.8 Å². The highest BCUT2D eigenvalue weighted by atomic mass is 16.5. The number of anilines is 1. The number of ether oxygens (including phenoxy) is 1. The Labute approximate surface area is 163 Å². The summed E-state index contributed by atoms with van der Waals surface area (Å²) < 4.78 is 7.80. The molecule has 1 aliphatic carbocycles. The Morgan fingerprint density at radius 1 is 1.25 bits per heavy atom. The molecule has 5 rings (SSSR count). The maximum Gasteiger partial charge on any atom is 0.252 e. The smallest absolute Gasteiger partial charge is 0.252 e. The van der Waals surface area contributed by atoms with Crippen LogP contribution in [0.15, 0.2) is 48.8 Å². The van der Waals surface area contributed by atoms with Crippen LogP contribution in [0.4, 0.5) is 5.82 Å². The van der Waals surface area contributed by atoms with Crippen LogP contribution < -0.4 is 10.2 Å². The number of nitrogens with zero attached hydrogens (tertiary/aromatic N) is 4. The van der Waals surface area contributed by atoms with Crippen LogP contribution in [-0.4, -0.2) is 52.5 Å². The highest BCUT2D eigenvalue weighted by Crippen LogP contribution is 2.26. The summed E-state index contributed by atoms with van der Waals surface area (Å²) in [6.45, 7) is 2.80. The summed E-state index contributed by atoms with van der Waals surface area (Å²) in [4.78, 5) is 19.9. The van der Waals surface area contributed by atoms with Crippen LogP contribution in [0.25, 0.3) is 10.9 Å². The van der Waals surface area contributed by atoms with Gasteiger partial charge >= 0.3 is 0 Å². The third-order valence-corrected chi connectivity index (χ3v) is 5.27. The average Bonchev–Trinajstić information content (AvgIpc) is 3.39. The molecule has 2 fully saturated rings. The summed E-state index contributed by atoms with van der Waals surface area (Å²) in [6, 6.07) is 12.0. The van der Waals surface area contributed by atoms with Gasteiger partial charge in [-0.25, -0.2) is 4.98 Å². The molecule has 2 aromatic heterocycles. The van der Waals surface area contributed by atoms with Crippen molar-refractivity contribution in [1.82, 2.24) is 20.1 Å². The summed E-state index contributed by atoms with van der Waals surface area (Å²) in [5.74, 6) is 0.817. The normalized spacial score (nSPS) is 19.7. The van der Waals surface area contributed by atoms with Gasteiger partial charge in [-0.3, -0.25) is 9.48 Å². The molecule has 1 aliphatic heterocycles. The lowest BCUT2D eigenvalue weighted by molar-refractivity contribution is 0.0272. The Kier molecular flexibility index (Phi) is 4.44. The van der Waals surface area contributed by atoms with Gasteiger partial charge in [0.15, 0.2) is 0 Å². The fraction of sp³-hybridized carbons (Fsp3) is 0.381. The van der Waals surface area contributed by atoms with Crippen LogP contribution >= 0.6 is 0 Å². The number of aromatic nitrogens is 3. The summed E-state index contributed by atoms with van der Waals surface area (Å²) in [5, 5.41) is 8.27. The zero-order valence-electron chi connectivity index (χ0n) is 15.6. The van der Waals surface area contributed by atoms with E-state index in [-0.39, 0.29) is 12.0 Å². The van der Waals surface area contributed by atoms with E-state index >= 15 is 0 Å². The number of carbonyl (C=O) groups excluding carboxylic acids is 1. The number of hydrogen-bond acceptors (Lipinski definition) is 5. The van der Waals surface area contributed by atoms with Gasteiger partial charge in [0.2, 0.25) is 0 Å². The summed E-state index contributed by atoms with van der Waals surface area (Å²) in [7, 11) is 0. The van der Waals surface area contributed by atoms with Gasteiger partial charge in [0.05, 0.1) is 30.3 Å². The quantitative estimate of drug-likeness (QED) is 0.738. The molecule has 1 atom stereocenters. The third kappa shape index (κ3) is 3.57. The van der Waals surface area contributed by atoms with Crippen molar-refractivity contribution < 1.29 is 9.53 Å². The minimum atomic E-state index is -0.0105. The summed E-state index contributed by atoms with van der Waals surface area (Å²) in [6.07, 6.45) is 5.89. The number of morpholine rings is 1. The van der Waals surface area contributed by atoms with E-state index in [1.165, 1.54) is 0 Å². The molecule has 2 aliphatic rings. The van der Waals surface area contributed by atoms with E-state index < -0.39 is 0 Å². The second-order valence-corrected chi connectivity index (χ2v) is 7.46. The summed E-state index contributed by atoms with van der Waals surface area (Å²) in [5.41, 5.74) is 1.54. The van der Waals surface area contributed by atoms with Crippen molar-refractivity contribution in [3.8, 4) is 0 Å². The highest BCUT2D eigenvalue weighted by Gasteiger charge is 2.27. The number of amides is 1. The first-order valence-electron chi connectivity index (χ1n) is 9.81. The van der Waals surface area contributed by atoms with Gasteiger partial charge in [-0.05, 0) is 31.0 Å². The van der Waals surface area contributed by atoms with Crippen molar-refractivity contribution in [3.05, 3.63) is 54.4 Å². The first kappa shape index (κ1) is 17.2. The first-order chi connectivity index (χ1) is 13.8. The molecule has 1 saturated heterocycles. The number of hydrogen-bond donors (Lipinski definition) is 1. The number of fused-ring (bicyclic) bond motifs is 1. The van der Waals surface area contributed by atoms with Crippen molar-refractivity contribution in [3.63, 3.8) is 0 Å². The number of rotatable bonds is 5. The predicted octanol–water partition coefficient (Wildman–Crippen LogP) is 2.23. The zero-order chi connectivity index (χ0) is 18.9. The van der Waals surface area contributed by atoms with E-state index in [9.17, 15) is 4.79 Å². The van der Waals surface area contributed by atoms with Crippen molar-refractivity contribution in [2.45, 2.75) is 31.5 Å². The Hall–Kier alpha value is -2.93. The van der Waals surface area contributed by atoms with E-state index in [1.54, 1.807) is 6.20 Å². The molecule has 0 radical (unpaired) electrons.